The molecule has 0 amide bonds. The number of fused-ring (bicyclic) bond motifs is 1. The summed E-state index contributed by atoms with van der Waals surface area (Å²) in [5.74, 6) is -3.80. The normalized spacial score (nSPS) is 15.7. The highest BCUT2D eigenvalue weighted by Crippen LogP contribution is 2.41. The molecule has 44 heavy (non-hydrogen) atoms. The van der Waals surface area contributed by atoms with Gasteiger partial charge in [0.05, 0.1) is 37.5 Å². The summed E-state index contributed by atoms with van der Waals surface area (Å²) in [5, 5.41) is 34.0. The maximum absolute atomic E-state index is 13.4. The second-order valence-electron chi connectivity index (χ2n) is 11.2. The fourth-order valence-corrected chi connectivity index (χ4v) is 6.11. The van der Waals surface area contributed by atoms with Gasteiger partial charge in [-0.05, 0) is 78.5 Å². The van der Waals surface area contributed by atoms with Gasteiger partial charge in [0.2, 0.25) is 11.5 Å². The van der Waals surface area contributed by atoms with Crippen molar-refractivity contribution >= 4 is 29.1 Å². The number of hydrogen-bond acceptors (Lipinski definition) is 11. The third kappa shape index (κ3) is 7.35. The molecular formula is C33H35NO10. The molecule has 0 aliphatic heterocycles. The highest BCUT2D eigenvalue weighted by atomic mass is 16.5. The Bertz CT molecular complexity index is 1560. The first kappa shape index (κ1) is 32.4. The number of aromatic nitrogens is 1. The fraction of sp³-hybridized carbons (Fsp3) is 0.394. The molecule has 0 bridgehead atoms. The van der Waals surface area contributed by atoms with Crippen LogP contribution in [0.3, 0.4) is 0 Å². The van der Waals surface area contributed by atoms with E-state index in [-0.39, 0.29) is 78.2 Å². The number of aliphatic hydroxyl groups is 2. The molecule has 1 aliphatic rings. The van der Waals surface area contributed by atoms with Gasteiger partial charge in [-0.1, -0.05) is 17.3 Å². The van der Waals surface area contributed by atoms with Crippen molar-refractivity contribution in [2.45, 2.75) is 45.4 Å². The lowest BCUT2D eigenvalue weighted by Gasteiger charge is -2.32. The van der Waals surface area contributed by atoms with E-state index in [9.17, 15) is 39.3 Å². The number of hydrogen-bond donors (Lipinski definition) is 3. The SMILES string of the molecule is COC(=O)c1cc(CC(=O)c2ccno2)cc(-c2ccc(O)c3c2CC(CC(CCO)C(CO)C(=O)CC(C)=O)CC3=O)c1. The molecule has 0 radical (unpaired) electrons. The molecular weight excluding hydrogens is 570 g/mol. The molecule has 0 saturated carbocycles. The zero-order valence-electron chi connectivity index (χ0n) is 24.6. The van der Waals surface area contributed by atoms with Gasteiger partial charge in [0.1, 0.15) is 17.3 Å². The first-order valence-electron chi connectivity index (χ1n) is 14.3. The Hall–Kier alpha value is -4.48. The number of ketones is 4. The summed E-state index contributed by atoms with van der Waals surface area (Å²) in [5.41, 5.74) is 2.46. The van der Waals surface area contributed by atoms with E-state index in [0.717, 1.165) is 0 Å². The summed E-state index contributed by atoms with van der Waals surface area (Å²) in [6.07, 6.45) is 1.83. The van der Waals surface area contributed by atoms with Crippen LogP contribution in [0.15, 0.2) is 47.1 Å². The van der Waals surface area contributed by atoms with Gasteiger partial charge in [0.15, 0.2) is 5.78 Å². The molecule has 1 heterocycles. The number of Topliss-reactive ketones (excluding diaryl/α,β-unsaturated/α-hetero) is 4. The topological polar surface area (TPSA) is 181 Å². The number of rotatable bonds is 14. The van der Waals surface area contributed by atoms with E-state index >= 15 is 0 Å². The summed E-state index contributed by atoms with van der Waals surface area (Å²) in [6, 6.07) is 9.34. The van der Waals surface area contributed by atoms with Crippen LogP contribution in [0.5, 0.6) is 5.75 Å². The minimum absolute atomic E-state index is 0.0610. The molecule has 1 aromatic heterocycles. The van der Waals surface area contributed by atoms with Gasteiger partial charge in [-0.25, -0.2) is 4.79 Å². The van der Waals surface area contributed by atoms with E-state index in [1.807, 2.05) is 0 Å². The molecule has 2 aromatic carbocycles. The van der Waals surface area contributed by atoms with Crippen LogP contribution < -0.4 is 0 Å². The van der Waals surface area contributed by atoms with E-state index in [0.29, 0.717) is 35.1 Å². The molecule has 1 aliphatic carbocycles. The molecule has 11 nitrogen and oxygen atoms in total. The Balaban J connectivity index is 1.72. The lowest BCUT2D eigenvalue weighted by molar-refractivity contribution is -0.131. The van der Waals surface area contributed by atoms with Crippen LogP contribution in [0.25, 0.3) is 11.1 Å². The fourth-order valence-electron chi connectivity index (χ4n) is 6.11. The van der Waals surface area contributed by atoms with Crippen molar-refractivity contribution in [3.63, 3.8) is 0 Å². The minimum atomic E-state index is -0.868. The average molecular weight is 606 g/mol. The number of phenols is 1. The smallest absolute Gasteiger partial charge is 0.337 e. The maximum atomic E-state index is 13.4. The number of aromatic hydroxyl groups is 1. The second kappa shape index (κ2) is 14.3. The van der Waals surface area contributed by atoms with E-state index < -0.39 is 30.2 Å². The predicted molar refractivity (Wildman–Crippen MR) is 156 cm³/mol. The molecule has 3 N–H and O–H groups in total. The molecule has 3 aromatic rings. The lowest BCUT2D eigenvalue weighted by atomic mass is 9.72. The molecule has 0 spiro atoms. The number of methoxy groups -OCH3 is 1. The summed E-state index contributed by atoms with van der Waals surface area (Å²) in [6.45, 7) is 0.562. The zero-order chi connectivity index (χ0) is 32.0. The monoisotopic (exact) mass is 605 g/mol. The molecule has 3 atom stereocenters. The van der Waals surface area contributed by atoms with Crippen LogP contribution in [-0.2, 0) is 27.2 Å². The van der Waals surface area contributed by atoms with Gasteiger partial charge in [-0.3, -0.25) is 19.2 Å². The van der Waals surface area contributed by atoms with Gasteiger partial charge >= 0.3 is 5.97 Å². The van der Waals surface area contributed by atoms with E-state index in [4.69, 9.17) is 9.26 Å². The van der Waals surface area contributed by atoms with Crippen molar-refractivity contribution in [3.8, 4) is 16.9 Å². The molecule has 232 valence electrons. The Labute approximate surface area is 253 Å². The first-order chi connectivity index (χ1) is 21.1. The third-order valence-electron chi connectivity index (χ3n) is 8.08. The summed E-state index contributed by atoms with van der Waals surface area (Å²) in [4.78, 5) is 63.1. The van der Waals surface area contributed by atoms with E-state index in [1.165, 1.54) is 38.4 Å². The highest BCUT2D eigenvalue weighted by Gasteiger charge is 2.35. The van der Waals surface area contributed by atoms with Crippen molar-refractivity contribution in [3.05, 3.63) is 70.6 Å². The average Bonchev–Trinajstić information content (AvgIpc) is 3.52. The van der Waals surface area contributed by atoms with Gasteiger partial charge in [-0.2, -0.15) is 0 Å². The Morgan fingerprint density at radius 3 is 2.50 bits per heavy atom. The molecule has 11 heteroatoms. The first-order valence-corrected chi connectivity index (χ1v) is 14.3. The van der Waals surface area contributed by atoms with Crippen LogP contribution in [0, 0.1) is 17.8 Å². The van der Waals surface area contributed by atoms with Gasteiger partial charge in [0.25, 0.3) is 0 Å². The minimum Gasteiger partial charge on any atom is -0.507 e. The largest absolute Gasteiger partial charge is 0.507 e. The van der Waals surface area contributed by atoms with Crippen LogP contribution in [-0.4, -0.2) is 69.9 Å². The number of ether oxygens (including phenoxy) is 1. The number of benzene rings is 2. The molecule has 3 unspecified atom stereocenters. The quantitative estimate of drug-likeness (QED) is 0.139. The lowest BCUT2D eigenvalue weighted by Crippen LogP contribution is -2.32. The van der Waals surface area contributed by atoms with E-state index in [2.05, 4.69) is 5.16 Å². The van der Waals surface area contributed by atoms with Crippen molar-refractivity contribution in [1.82, 2.24) is 5.16 Å². The van der Waals surface area contributed by atoms with Crippen molar-refractivity contribution < 1.29 is 48.6 Å². The summed E-state index contributed by atoms with van der Waals surface area (Å²) in [7, 11) is 1.24. The Morgan fingerprint density at radius 2 is 1.86 bits per heavy atom. The van der Waals surface area contributed by atoms with Crippen molar-refractivity contribution in [2.24, 2.45) is 17.8 Å². The zero-order valence-corrected chi connectivity index (χ0v) is 24.6. The van der Waals surface area contributed by atoms with Gasteiger partial charge < -0.3 is 24.6 Å². The molecule has 0 fully saturated rings. The van der Waals surface area contributed by atoms with Crippen LogP contribution in [0.4, 0.5) is 0 Å². The summed E-state index contributed by atoms with van der Waals surface area (Å²) >= 11 is 0. The maximum Gasteiger partial charge on any atom is 0.337 e. The molecule has 4 rings (SSSR count). The number of phenolic OH excluding ortho intramolecular Hbond substituents is 1. The van der Waals surface area contributed by atoms with Crippen LogP contribution in [0.1, 0.15) is 75.0 Å². The van der Waals surface area contributed by atoms with E-state index in [1.54, 1.807) is 18.2 Å². The Kier molecular flexibility index (Phi) is 10.6. The second-order valence-corrected chi connectivity index (χ2v) is 11.2. The third-order valence-corrected chi connectivity index (χ3v) is 8.08. The Morgan fingerprint density at radius 1 is 1.09 bits per heavy atom. The van der Waals surface area contributed by atoms with Crippen LogP contribution in [0.2, 0.25) is 0 Å². The predicted octanol–water partition coefficient (Wildman–Crippen LogP) is 3.55. The number of aliphatic hydroxyl groups excluding tert-OH is 2. The molecule has 0 saturated heterocycles. The summed E-state index contributed by atoms with van der Waals surface area (Å²) < 4.78 is 9.91. The standard InChI is InChI=1S/C33H35NO10/c1-18(37)9-28(39)26(17-36)21(6-8-35)10-20-13-25-24(3-4-27(38)32(25)30(41)15-20)22-11-19(12-23(16-22)33(42)43-2)14-29(40)31-5-7-34-44-31/h3-5,7,11-12,16,20-21,26,35-36,38H,6,8-10,13-15,17H2,1-2H3. The number of nitrogens with zero attached hydrogens (tertiary/aromatic N) is 1. The highest BCUT2D eigenvalue weighted by molar-refractivity contribution is 6.03. The number of esters is 1. The number of carbonyl (C=O) groups excluding carboxylic acids is 5. The van der Waals surface area contributed by atoms with Crippen molar-refractivity contribution in [1.29, 1.82) is 0 Å². The van der Waals surface area contributed by atoms with Gasteiger partial charge in [0, 0.05) is 31.4 Å². The number of carbonyl (C=O) groups is 5. The van der Waals surface area contributed by atoms with Crippen LogP contribution >= 0.6 is 0 Å². The van der Waals surface area contributed by atoms with Crippen molar-refractivity contribution in [2.75, 3.05) is 20.3 Å². The van der Waals surface area contributed by atoms with Gasteiger partial charge in [-0.15, -0.1) is 0 Å².